The Labute approximate surface area is 148 Å². The molecular weight excluding hydrogens is 332 g/mol. The summed E-state index contributed by atoms with van der Waals surface area (Å²) in [4.78, 5) is 15.7. The molecule has 130 valence electrons. The Morgan fingerprint density at radius 2 is 2.08 bits per heavy atom. The molecule has 0 unspecified atom stereocenters. The zero-order chi connectivity index (χ0) is 18.1. The summed E-state index contributed by atoms with van der Waals surface area (Å²) in [5.41, 5.74) is 3.82. The first-order chi connectivity index (χ1) is 12.6. The van der Waals surface area contributed by atoms with Gasteiger partial charge in [0.1, 0.15) is 17.8 Å². The largest absolute Gasteiger partial charge is 0.497 e. The van der Waals surface area contributed by atoms with E-state index in [2.05, 4.69) is 25.8 Å². The Balaban J connectivity index is 1.57. The van der Waals surface area contributed by atoms with Gasteiger partial charge in [0.15, 0.2) is 0 Å². The quantitative estimate of drug-likeness (QED) is 0.591. The summed E-state index contributed by atoms with van der Waals surface area (Å²) in [5, 5.41) is 15.0. The van der Waals surface area contributed by atoms with E-state index in [0.29, 0.717) is 11.4 Å². The highest BCUT2D eigenvalue weighted by atomic mass is 16.5. The van der Waals surface area contributed by atoms with E-state index in [4.69, 9.17) is 4.74 Å². The van der Waals surface area contributed by atoms with Crippen LogP contribution in [0.4, 0.5) is 5.69 Å². The van der Waals surface area contributed by atoms with Gasteiger partial charge in [-0.05, 0) is 59.3 Å². The van der Waals surface area contributed by atoms with E-state index in [9.17, 15) is 4.79 Å². The van der Waals surface area contributed by atoms with Crippen LogP contribution in [0.25, 0.3) is 16.6 Å². The monoisotopic (exact) mass is 348 g/mol. The first-order valence-corrected chi connectivity index (χ1v) is 7.96. The topological polar surface area (TPSA) is 97.7 Å². The van der Waals surface area contributed by atoms with Crippen LogP contribution in [0.15, 0.2) is 48.8 Å². The second-order valence-corrected chi connectivity index (χ2v) is 5.85. The maximum Gasteiger partial charge on any atom is 0.272 e. The van der Waals surface area contributed by atoms with E-state index >= 15 is 0 Å². The molecule has 26 heavy (non-hydrogen) atoms. The third-order valence-electron chi connectivity index (χ3n) is 4.12. The molecule has 0 aliphatic rings. The SMILES string of the molecule is COc1ccc2cc(C(=O)Nc3ccc(-n4cnnn4)c(C)c3)[nH]c2c1. The van der Waals surface area contributed by atoms with Crippen molar-refractivity contribution in [3.05, 3.63) is 60.0 Å². The van der Waals surface area contributed by atoms with Gasteiger partial charge in [-0.15, -0.1) is 5.10 Å². The minimum Gasteiger partial charge on any atom is -0.497 e. The van der Waals surface area contributed by atoms with Gasteiger partial charge in [0.2, 0.25) is 0 Å². The number of H-pyrrole nitrogens is 1. The number of hydrogen-bond donors (Lipinski definition) is 2. The van der Waals surface area contributed by atoms with Crippen molar-refractivity contribution < 1.29 is 9.53 Å². The molecule has 2 aromatic carbocycles. The summed E-state index contributed by atoms with van der Waals surface area (Å²) in [6, 6.07) is 13.0. The molecule has 0 saturated carbocycles. The van der Waals surface area contributed by atoms with Gasteiger partial charge in [-0.2, -0.15) is 0 Å². The zero-order valence-corrected chi connectivity index (χ0v) is 14.2. The van der Waals surface area contributed by atoms with Crippen molar-refractivity contribution in [2.24, 2.45) is 0 Å². The van der Waals surface area contributed by atoms with E-state index < -0.39 is 0 Å². The van der Waals surface area contributed by atoms with Crippen LogP contribution in [0.3, 0.4) is 0 Å². The van der Waals surface area contributed by atoms with Crippen molar-refractivity contribution in [2.45, 2.75) is 6.92 Å². The number of tetrazole rings is 1. The van der Waals surface area contributed by atoms with Crippen LogP contribution in [0.1, 0.15) is 16.1 Å². The standard InChI is InChI=1S/C18H16N6O2/c1-11-7-13(4-6-17(11)24-10-19-22-23-24)20-18(25)16-8-12-3-5-14(26-2)9-15(12)21-16/h3-10,21H,1-2H3,(H,20,25). The average molecular weight is 348 g/mol. The molecule has 8 heteroatoms. The Hall–Kier alpha value is -3.68. The third kappa shape index (κ3) is 2.88. The molecule has 0 atom stereocenters. The molecule has 0 bridgehead atoms. The highest BCUT2D eigenvalue weighted by Gasteiger charge is 2.11. The maximum atomic E-state index is 12.6. The number of aryl methyl sites for hydroxylation is 1. The average Bonchev–Trinajstić information content (AvgIpc) is 3.30. The lowest BCUT2D eigenvalue weighted by Gasteiger charge is -2.08. The maximum absolute atomic E-state index is 12.6. The first kappa shape index (κ1) is 15.8. The second-order valence-electron chi connectivity index (χ2n) is 5.85. The third-order valence-corrected chi connectivity index (χ3v) is 4.12. The van der Waals surface area contributed by atoms with Crippen LogP contribution in [0, 0.1) is 6.92 Å². The number of methoxy groups -OCH3 is 1. The van der Waals surface area contributed by atoms with Crippen molar-refractivity contribution in [2.75, 3.05) is 12.4 Å². The highest BCUT2D eigenvalue weighted by Crippen LogP contribution is 2.22. The van der Waals surface area contributed by atoms with E-state index in [1.54, 1.807) is 11.8 Å². The highest BCUT2D eigenvalue weighted by molar-refractivity contribution is 6.06. The summed E-state index contributed by atoms with van der Waals surface area (Å²) in [5.74, 6) is 0.523. The number of amides is 1. The molecule has 0 aliphatic carbocycles. The van der Waals surface area contributed by atoms with Crippen LogP contribution in [-0.4, -0.2) is 38.2 Å². The van der Waals surface area contributed by atoms with Crippen molar-refractivity contribution in [1.82, 2.24) is 25.2 Å². The van der Waals surface area contributed by atoms with E-state index in [0.717, 1.165) is 27.9 Å². The van der Waals surface area contributed by atoms with Crippen LogP contribution in [0.2, 0.25) is 0 Å². The number of benzene rings is 2. The van der Waals surface area contributed by atoms with Crippen molar-refractivity contribution in [1.29, 1.82) is 0 Å². The molecule has 0 aliphatic heterocycles. The molecule has 8 nitrogen and oxygen atoms in total. The van der Waals surface area contributed by atoms with Crippen molar-refractivity contribution >= 4 is 22.5 Å². The number of carbonyl (C=O) groups is 1. The normalized spacial score (nSPS) is 10.8. The van der Waals surface area contributed by atoms with Gasteiger partial charge in [0, 0.05) is 22.7 Å². The predicted molar refractivity (Wildman–Crippen MR) is 96.7 cm³/mol. The fraction of sp³-hybridized carbons (Fsp3) is 0.111. The number of carbonyl (C=O) groups excluding carboxylic acids is 1. The molecule has 1 amide bonds. The van der Waals surface area contributed by atoms with Crippen LogP contribution >= 0.6 is 0 Å². The van der Waals surface area contributed by atoms with Gasteiger partial charge in [-0.25, -0.2) is 4.68 Å². The summed E-state index contributed by atoms with van der Waals surface area (Å²) in [7, 11) is 1.61. The van der Waals surface area contributed by atoms with Gasteiger partial charge in [-0.1, -0.05) is 0 Å². The van der Waals surface area contributed by atoms with E-state index in [1.807, 2.05) is 49.4 Å². The molecule has 0 radical (unpaired) electrons. The summed E-state index contributed by atoms with van der Waals surface area (Å²) in [6.45, 7) is 1.93. The molecule has 2 N–H and O–H groups in total. The number of anilines is 1. The molecule has 4 aromatic rings. The number of nitrogens with one attached hydrogen (secondary N) is 2. The van der Waals surface area contributed by atoms with Crippen molar-refractivity contribution in [3.63, 3.8) is 0 Å². The summed E-state index contributed by atoms with van der Waals surface area (Å²) < 4.78 is 6.78. The van der Waals surface area contributed by atoms with Gasteiger partial charge >= 0.3 is 0 Å². The molecule has 2 heterocycles. The molecular formula is C18H16N6O2. The lowest BCUT2D eigenvalue weighted by atomic mass is 10.1. The fourth-order valence-corrected chi connectivity index (χ4v) is 2.82. The van der Waals surface area contributed by atoms with Crippen LogP contribution in [-0.2, 0) is 0 Å². The minimum atomic E-state index is -0.213. The Morgan fingerprint density at radius 1 is 1.19 bits per heavy atom. The molecule has 0 spiro atoms. The Bertz CT molecular complexity index is 1080. The molecule has 2 aromatic heterocycles. The molecule has 0 saturated heterocycles. The lowest BCUT2D eigenvalue weighted by molar-refractivity contribution is 0.102. The minimum absolute atomic E-state index is 0.213. The summed E-state index contributed by atoms with van der Waals surface area (Å²) >= 11 is 0. The predicted octanol–water partition coefficient (Wildman–Crippen LogP) is 2.71. The number of hydrogen-bond acceptors (Lipinski definition) is 5. The molecule has 0 fully saturated rings. The molecule has 4 rings (SSSR count). The Kier molecular flexibility index (Phi) is 3.85. The smallest absolute Gasteiger partial charge is 0.272 e. The van der Waals surface area contributed by atoms with E-state index in [-0.39, 0.29) is 5.91 Å². The van der Waals surface area contributed by atoms with E-state index in [1.165, 1.54) is 6.33 Å². The summed E-state index contributed by atoms with van der Waals surface area (Å²) in [6.07, 6.45) is 1.53. The number of nitrogens with zero attached hydrogens (tertiary/aromatic N) is 4. The number of aromatic nitrogens is 5. The number of fused-ring (bicyclic) bond motifs is 1. The second kappa shape index (κ2) is 6.32. The first-order valence-electron chi connectivity index (χ1n) is 7.96. The van der Waals surface area contributed by atoms with Gasteiger partial charge < -0.3 is 15.0 Å². The number of ether oxygens (including phenoxy) is 1. The van der Waals surface area contributed by atoms with Crippen LogP contribution in [0.5, 0.6) is 5.75 Å². The van der Waals surface area contributed by atoms with Gasteiger partial charge in [-0.3, -0.25) is 4.79 Å². The number of aromatic amines is 1. The van der Waals surface area contributed by atoms with Crippen LogP contribution < -0.4 is 10.1 Å². The Morgan fingerprint density at radius 3 is 2.81 bits per heavy atom. The number of rotatable bonds is 4. The fourth-order valence-electron chi connectivity index (χ4n) is 2.82. The zero-order valence-electron chi connectivity index (χ0n) is 14.2. The van der Waals surface area contributed by atoms with Gasteiger partial charge in [0.05, 0.1) is 12.8 Å². The lowest BCUT2D eigenvalue weighted by Crippen LogP contribution is -2.12. The van der Waals surface area contributed by atoms with Crippen molar-refractivity contribution in [3.8, 4) is 11.4 Å². The van der Waals surface area contributed by atoms with Gasteiger partial charge in [0.25, 0.3) is 5.91 Å².